The van der Waals surface area contributed by atoms with E-state index in [9.17, 15) is 13.2 Å². The molecule has 0 spiro atoms. The molecule has 0 atom stereocenters. The van der Waals surface area contributed by atoms with Gasteiger partial charge in [0.25, 0.3) is 10.0 Å². The highest BCUT2D eigenvalue weighted by atomic mass is 79.9. The van der Waals surface area contributed by atoms with Crippen LogP contribution in [-0.4, -0.2) is 29.7 Å². The van der Waals surface area contributed by atoms with Gasteiger partial charge < -0.3 is 4.74 Å². The second-order valence-corrected chi connectivity index (χ2v) is 9.01. The number of benzene rings is 2. The van der Waals surface area contributed by atoms with Gasteiger partial charge in [-0.1, -0.05) is 18.2 Å². The van der Waals surface area contributed by atoms with E-state index in [1.165, 1.54) is 28.3 Å². The first-order valence-electron chi connectivity index (χ1n) is 8.87. The summed E-state index contributed by atoms with van der Waals surface area (Å²) in [5, 5.41) is 4.30. The molecular weight excluding hydrogens is 472 g/mol. The van der Waals surface area contributed by atoms with Gasteiger partial charge in [-0.15, -0.1) is 5.10 Å². The van der Waals surface area contributed by atoms with E-state index in [0.29, 0.717) is 21.6 Å². The number of sulfonamides is 1. The fourth-order valence-electron chi connectivity index (χ4n) is 3.01. The van der Waals surface area contributed by atoms with Gasteiger partial charge in [0.15, 0.2) is 5.65 Å². The molecule has 0 aliphatic carbocycles. The third-order valence-corrected chi connectivity index (χ3v) is 6.43. The van der Waals surface area contributed by atoms with Gasteiger partial charge in [-0.3, -0.25) is 9.12 Å². The Labute approximate surface area is 180 Å². The van der Waals surface area contributed by atoms with Crippen molar-refractivity contribution in [2.75, 3.05) is 11.8 Å². The average molecular weight is 489 g/mol. The van der Waals surface area contributed by atoms with Crippen molar-refractivity contribution < 1.29 is 13.2 Å². The summed E-state index contributed by atoms with van der Waals surface area (Å²) in [5.41, 5.74) is 1.40. The maximum atomic E-state index is 12.8. The van der Waals surface area contributed by atoms with Crippen molar-refractivity contribution >= 4 is 37.3 Å². The normalized spacial score (nSPS) is 11.5. The van der Waals surface area contributed by atoms with Gasteiger partial charge in [0.05, 0.1) is 23.0 Å². The number of methoxy groups -OCH3 is 1. The third-order valence-electron chi connectivity index (χ3n) is 4.43. The van der Waals surface area contributed by atoms with Crippen molar-refractivity contribution in [3.8, 4) is 5.75 Å². The predicted molar refractivity (Wildman–Crippen MR) is 116 cm³/mol. The second-order valence-electron chi connectivity index (χ2n) is 6.47. The monoisotopic (exact) mass is 488 g/mol. The zero-order valence-corrected chi connectivity index (χ0v) is 18.2. The summed E-state index contributed by atoms with van der Waals surface area (Å²) in [6, 6.07) is 16.7. The van der Waals surface area contributed by atoms with E-state index in [-0.39, 0.29) is 17.1 Å². The number of nitrogens with zero attached hydrogens (tertiary/aromatic N) is 3. The highest BCUT2D eigenvalue weighted by molar-refractivity contribution is 9.10. The average Bonchev–Trinajstić information content (AvgIpc) is 3.03. The van der Waals surface area contributed by atoms with Crippen molar-refractivity contribution in [3.05, 3.63) is 87.4 Å². The molecule has 1 N–H and O–H groups in total. The largest absolute Gasteiger partial charge is 0.496 e. The number of hydrogen-bond acceptors (Lipinski definition) is 5. The molecule has 0 fully saturated rings. The molecule has 0 saturated heterocycles. The molecule has 154 valence electrons. The molecule has 2 aromatic carbocycles. The lowest BCUT2D eigenvalue weighted by molar-refractivity contribution is 0.411. The predicted octanol–water partition coefficient (Wildman–Crippen LogP) is 3.12. The molecule has 2 aromatic heterocycles. The molecule has 0 saturated carbocycles. The van der Waals surface area contributed by atoms with Crippen LogP contribution < -0.4 is 15.1 Å². The SMILES string of the molecule is COc1ccc(S(=O)(=O)Nc2cccc(Cn3nc4ccccn4c3=O)c2)cc1Br. The minimum Gasteiger partial charge on any atom is -0.496 e. The highest BCUT2D eigenvalue weighted by Gasteiger charge is 2.16. The van der Waals surface area contributed by atoms with Crippen LogP contribution in [-0.2, 0) is 16.6 Å². The Kier molecular flexibility index (Phi) is 5.35. The maximum Gasteiger partial charge on any atom is 0.350 e. The number of pyridine rings is 1. The van der Waals surface area contributed by atoms with Gasteiger partial charge in [-0.05, 0) is 64.0 Å². The van der Waals surface area contributed by atoms with Gasteiger partial charge >= 0.3 is 5.69 Å². The molecule has 30 heavy (non-hydrogen) atoms. The van der Waals surface area contributed by atoms with Crippen molar-refractivity contribution in [3.63, 3.8) is 0 Å². The highest BCUT2D eigenvalue weighted by Crippen LogP contribution is 2.28. The smallest absolute Gasteiger partial charge is 0.350 e. The number of rotatable bonds is 6. The molecule has 0 aliphatic heterocycles. The van der Waals surface area contributed by atoms with E-state index in [0.717, 1.165) is 5.56 Å². The van der Waals surface area contributed by atoms with Gasteiger partial charge in [0.1, 0.15) is 5.75 Å². The molecule has 0 bridgehead atoms. The molecule has 0 amide bonds. The van der Waals surface area contributed by atoms with Crippen LogP contribution in [0.3, 0.4) is 0 Å². The third kappa shape index (κ3) is 3.96. The van der Waals surface area contributed by atoms with Gasteiger partial charge in [0, 0.05) is 11.9 Å². The number of hydrogen-bond donors (Lipinski definition) is 1. The van der Waals surface area contributed by atoms with Gasteiger partial charge in [0.2, 0.25) is 0 Å². The molecule has 0 unspecified atom stereocenters. The molecule has 0 aliphatic rings. The van der Waals surface area contributed by atoms with Crippen LogP contribution in [0.25, 0.3) is 5.65 Å². The standard InChI is InChI=1S/C20H17BrN4O4S/c1-29-18-9-8-16(12-17(18)21)30(27,28)23-15-6-4-5-14(11-15)13-25-20(26)24-10-3-2-7-19(24)22-25/h2-12,23H,13H2,1H3. The first-order valence-corrected chi connectivity index (χ1v) is 11.1. The Balaban J connectivity index is 1.59. The van der Waals surface area contributed by atoms with E-state index in [1.807, 2.05) is 0 Å². The molecule has 8 nitrogen and oxygen atoms in total. The summed E-state index contributed by atoms with van der Waals surface area (Å²) in [6.07, 6.45) is 1.65. The lowest BCUT2D eigenvalue weighted by Crippen LogP contribution is -2.21. The minimum absolute atomic E-state index is 0.0946. The Hall–Kier alpha value is -3.11. The zero-order chi connectivity index (χ0) is 21.3. The number of fused-ring (bicyclic) bond motifs is 1. The number of aromatic nitrogens is 3. The van der Waals surface area contributed by atoms with Crippen molar-refractivity contribution in [1.29, 1.82) is 0 Å². The van der Waals surface area contributed by atoms with Crippen LogP contribution >= 0.6 is 15.9 Å². The topological polar surface area (TPSA) is 94.7 Å². The summed E-state index contributed by atoms with van der Waals surface area (Å²) >= 11 is 3.30. The van der Waals surface area contributed by atoms with Gasteiger partial charge in [-0.25, -0.2) is 17.9 Å². The summed E-state index contributed by atoms with van der Waals surface area (Å²) in [5.74, 6) is 0.536. The molecule has 2 heterocycles. The quantitative estimate of drug-likeness (QED) is 0.449. The summed E-state index contributed by atoms with van der Waals surface area (Å²) in [6.45, 7) is 0.212. The Morgan fingerprint density at radius 1 is 1.10 bits per heavy atom. The van der Waals surface area contributed by atoms with Crippen LogP contribution in [0.1, 0.15) is 5.56 Å². The Bertz CT molecular complexity index is 1400. The van der Waals surface area contributed by atoms with Crippen LogP contribution in [0.15, 0.2) is 81.0 Å². The fourth-order valence-corrected chi connectivity index (χ4v) is 4.77. The first kappa shape index (κ1) is 20.2. The van der Waals surface area contributed by atoms with E-state index < -0.39 is 10.0 Å². The van der Waals surface area contributed by atoms with Crippen LogP contribution in [0.4, 0.5) is 5.69 Å². The summed E-state index contributed by atoms with van der Waals surface area (Å²) in [7, 11) is -2.30. The van der Waals surface area contributed by atoms with Crippen LogP contribution in [0.2, 0.25) is 0 Å². The number of halogens is 1. The molecule has 4 rings (SSSR count). The van der Waals surface area contributed by atoms with Crippen LogP contribution in [0, 0.1) is 0 Å². The fraction of sp³-hybridized carbons (Fsp3) is 0.100. The summed E-state index contributed by atoms with van der Waals surface area (Å²) in [4.78, 5) is 12.5. The zero-order valence-electron chi connectivity index (χ0n) is 15.8. The first-order chi connectivity index (χ1) is 14.4. The van der Waals surface area contributed by atoms with Crippen molar-refractivity contribution in [1.82, 2.24) is 14.2 Å². The lowest BCUT2D eigenvalue weighted by atomic mass is 10.2. The van der Waals surface area contributed by atoms with E-state index >= 15 is 0 Å². The summed E-state index contributed by atoms with van der Waals surface area (Å²) < 4.78 is 36.5. The molecule has 10 heteroatoms. The minimum atomic E-state index is -3.80. The Morgan fingerprint density at radius 3 is 2.67 bits per heavy atom. The number of nitrogens with one attached hydrogen (secondary N) is 1. The van der Waals surface area contributed by atoms with E-state index in [1.54, 1.807) is 54.7 Å². The number of anilines is 1. The molecular formula is C20H17BrN4O4S. The Morgan fingerprint density at radius 2 is 1.93 bits per heavy atom. The van der Waals surface area contributed by atoms with E-state index in [4.69, 9.17) is 4.74 Å². The van der Waals surface area contributed by atoms with Crippen molar-refractivity contribution in [2.24, 2.45) is 0 Å². The van der Waals surface area contributed by atoms with Crippen LogP contribution in [0.5, 0.6) is 5.75 Å². The van der Waals surface area contributed by atoms with E-state index in [2.05, 4.69) is 25.8 Å². The maximum absolute atomic E-state index is 12.8. The number of ether oxygens (including phenoxy) is 1. The lowest BCUT2D eigenvalue weighted by Gasteiger charge is -2.11. The van der Waals surface area contributed by atoms with Gasteiger partial charge in [-0.2, -0.15) is 0 Å². The second kappa shape index (κ2) is 7.96. The molecule has 0 radical (unpaired) electrons. The molecule has 4 aromatic rings. The van der Waals surface area contributed by atoms with Crippen molar-refractivity contribution in [2.45, 2.75) is 11.4 Å².